The van der Waals surface area contributed by atoms with Crippen molar-refractivity contribution in [3.05, 3.63) is 11.6 Å². The van der Waals surface area contributed by atoms with Crippen LogP contribution in [0.25, 0.3) is 0 Å². The van der Waals surface area contributed by atoms with Crippen molar-refractivity contribution < 1.29 is 14.6 Å². The zero-order valence-corrected chi connectivity index (χ0v) is 15.4. The normalized spacial score (nSPS) is 50.3. The molecule has 0 amide bonds. The average molecular weight is 332 g/mol. The van der Waals surface area contributed by atoms with Gasteiger partial charge in [0.25, 0.3) is 0 Å². The molecule has 0 heterocycles. The van der Waals surface area contributed by atoms with Crippen molar-refractivity contribution in [2.45, 2.75) is 71.3 Å². The molecule has 5 unspecified atom stereocenters. The zero-order chi connectivity index (χ0) is 17.1. The number of carbonyl (C=O) groups is 1. The van der Waals surface area contributed by atoms with E-state index >= 15 is 0 Å². The summed E-state index contributed by atoms with van der Waals surface area (Å²) >= 11 is 0. The molecule has 4 rings (SSSR count). The van der Waals surface area contributed by atoms with Crippen LogP contribution in [0.15, 0.2) is 11.6 Å². The van der Waals surface area contributed by atoms with Gasteiger partial charge in [-0.15, -0.1) is 0 Å². The van der Waals surface area contributed by atoms with E-state index in [2.05, 4.69) is 19.9 Å². The lowest BCUT2D eigenvalue weighted by atomic mass is 9.47. The van der Waals surface area contributed by atoms with E-state index in [0.717, 1.165) is 44.4 Å². The highest BCUT2D eigenvalue weighted by Gasteiger charge is 2.60. The molecule has 3 heteroatoms. The molecule has 3 saturated carbocycles. The standard InChI is InChI=1S/C21H32O3/c1-20-10-8-14(22)12-13(20)4-5-15-16-6-7-18(19(23)24-3)21(16,2)11-9-17(15)20/h4,14-18,22H,5-12H2,1-3H3/t14?,15?,16?,17?,18?,20-,21-/m0/s1. The molecule has 0 aromatic heterocycles. The van der Waals surface area contributed by atoms with E-state index in [1.807, 2.05) is 0 Å². The molecule has 0 aromatic carbocycles. The van der Waals surface area contributed by atoms with Gasteiger partial charge in [0.1, 0.15) is 0 Å². The fraction of sp³-hybridized carbons (Fsp3) is 0.857. The lowest BCUT2D eigenvalue weighted by Gasteiger charge is -2.57. The number of aliphatic hydroxyl groups is 1. The molecular formula is C21H32O3. The first kappa shape index (κ1) is 16.6. The Morgan fingerprint density at radius 3 is 2.71 bits per heavy atom. The van der Waals surface area contributed by atoms with Crippen molar-refractivity contribution in [1.29, 1.82) is 0 Å². The third-order valence-corrected chi connectivity index (χ3v) is 8.56. The molecule has 4 aliphatic carbocycles. The molecule has 24 heavy (non-hydrogen) atoms. The van der Waals surface area contributed by atoms with Crippen molar-refractivity contribution >= 4 is 5.97 Å². The largest absolute Gasteiger partial charge is 0.469 e. The number of hydrogen-bond acceptors (Lipinski definition) is 3. The van der Waals surface area contributed by atoms with Gasteiger partial charge in [-0.05, 0) is 80.0 Å². The predicted molar refractivity (Wildman–Crippen MR) is 93.2 cm³/mol. The minimum absolute atomic E-state index is 0.0116. The maximum absolute atomic E-state index is 12.3. The molecule has 4 aliphatic rings. The van der Waals surface area contributed by atoms with Crippen molar-refractivity contribution in [1.82, 2.24) is 0 Å². The van der Waals surface area contributed by atoms with Gasteiger partial charge < -0.3 is 9.84 Å². The van der Waals surface area contributed by atoms with Crippen LogP contribution >= 0.6 is 0 Å². The van der Waals surface area contributed by atoms with E-state index in [1.165, 1.54) is 25.5 Å². The smallest absolute Gasteiger partial charge is 0.309 e. The van der Waals surface area contributed by atoms with Crippen LogP contribution in [0, 0.1) is 34.5 Å². The molecule has 0 aromatic rings. The number of esters is 1. The number of rotatable bonds is 1. The minimum Gasteiger partial charge on any atom is -0.469 e. The fourth-order valence-electron chi connectivity index (χ4n) is 7.17. The first-order valence-corrected chi connectivity index (χ1v) is 9.85. The Morgan fingerprint density at radius 1 is 1.17 bits per heavy atom. The topological polar surface area (TPSA) is 46.5 Å². The number of hydrogen-bond donors (Lipinski definition) is 1. The second-order valence-corrected chi connectivity index (χ2v) is 9.35. The molecule has 0 bridgehead atoms. The lowest BCUT2D eigenvalue weighted by molar-refractivity contribution is -0.152. The molecule has 0 aliphatic heterocycles. The second kappa shape index (κ2) is 5.59. The highest BCUT2D eigenvalue weighted by molar-refractivity contribution is 5.73. The van der Waals surface area contributed by atoms with Crippen LogP contribution in [0.3, 0.4) is 0 Å². The maximum atomic E-state index is 12.3. The van der Waals surface area contributed by atoms with Gasteiger partial charge in [0.05, 0.1) is 19.1 Å². The Hall–Kier alpha value is -0.830. The summed E-state index contributed by atoms with van der Waals surface area (Å²) in [6.07, 6.45) is 11.0. The van der Waals surface area contributed by atoms with Crippen LogP contribution in [0.1, 0.15) is 65.2 Å². The summed E-state index contributed by atoms with van der Waals surface area (Å²) in [4.78, 5) is 12.3. The number of allylic oxidation sites excluding steroid dienone is 1. The van der Waals surface area contributed by atoms with Crippen molar-refractivity contribution in [2.24, 2.45) is 34.5 Å². The third kappa shape index (κ3) is 2.16. The summed E-state index contributed by atoms with van der Waals surface area (Å²) in [5, 5.41) is 10.1. The summed E-state index contributed by atoms with van der Waals surface area (Å²) in [5.41, 5.74) is 1.94. The van der Waals surface area contributed by atoms with Crippen LogP contribution in [0.2, 0.25) is 0 Å². The molecule has 0 saturated heterocycles. The molecule has 134 valence electrons. The highest BCUT2D eigenvalue weighted by Crippen LogP contribution is 2.66. The number of carbonyl (C=O) groups excluding carboxylic acids is 1. The molecule has 3 fully saturated rings. The highest BCUT2D eigenvalue weighted by atomic mass is 16.5. The van der Waals surface area contributed by atoms with Gasteiger partial charge in [-0.2, -0.15) is 0 Å². The van der Waals surface area contributed by atoms with Gasteiger partial charge in [0.2, 0.25) is 0 Å². The summed E-state index contributed by atoms with van der Waals surface area (Å²) < 4.78 is 5.12. The molecule has 0 spiro atoms. The number of fused-ring (bicyclic) bond motifs is 5. The van der Waals surface area contributed by atoms with Gasteiger partial charge in [-0.1, -0.05) is 25.5 Å². The van der Waals surface area contributed by atoms with Crippen LogP contribution in [-0.4, -0.2) is 24.3 Å². The van der Waals surface area contributed by atoms with Crippen molar-refractivity contribution in [3.63, 3.8) is 0 Å². The summed E-state index contributed by atoms with van der Waals surface area (Å²) in [7, 11) is 1.54. The first-order valence-electron chi connectivity index (χ1n) is 9.85. The molecule has 3 nitrogen and oxygen atoms in total. The Labute approximate surface area is 145 Å². The Morgan fingerprint density at radius 2 is 1.96 bits per heavy atom. The average Bonchev–Trinajstić information content (AvgIpc) is 2.92. The molecular weight excluding hydrogens is 300 g/mol. The lowest BCUT2D eigenvalue weighted by Crippen LogP contribution is -2.51. The van der Waals surface area contributed by atoms with Gasteiger partial charge >= 0.3 is 5.97 Å². The summed E-state index contributed by atoms with van der Waals surface area (Å²) in [6.45, 7) is 4.81. The number of ether oxygens (including phenoxy) is 1. The Balaban J connectivity index is 1.64. The number of aliphatic hydroxyl groups excluding tert-OH is 1. The van der Waals surface area contributed by atoms with Gasteiger partial charge in [0.15, 0.2) is 0 Å². The van der Waals surface area contributed by atoms with E-state index < -0.39 is 0 Å². The van der Waals surface area contributed by atoms with Gasteiger partial charge in [-0.25, -0.2) is 0 Å². The first-order chi connectivity index (χ1) is 11.4. The van der Waals surface area contributed by atoms with Crippen molar-refractivity contribution in [2.75, 3.05) is 7.11 Å². The second-order valence-electron chi connectivity index (χ2n) is 9.35. The number of methoxy groups -OCH3 is 1. The minimum atomic E-state index is -0.134. The summed E-state index contributed by atoms with van der Waals surface area (Å²) in [6, 6.07) is 0. The predicted octanol–water partition coefficient (Wildman–Crippen LogP) is 4.10. The van der Waals surface area contributed by atoms with Crippen LogP contribution in [-0.2, 0) is 9.53 Å². The van der Waals surface area contributed by atoms with E-state index in [-0.39, 0.29) is 28.8 Å². The van der Waals surface area contributed by atoms with Crippen LogP contribution < -0.4 is 0 Å². The SMILES string of the molecule is COC(=O)C1CCC2C3CC=C4CC(O)CC[C@]4(C)C3CC[C@]12C. The Bertz CT molecular complexity index is 567. The summed E-state index contributed by atoms with van der Waals surface area (Å²) in [5.74, 6) is 2.21. The monoisotopic (exact) mass is 332 g/mol. The molecule has 0 radical (unpaired) electrons. The van der Waals surface area contributed by atoms with E-state index in [4.69, 9.17) is 4.74 Å². The molecule has 1 N–H and O–H groups in total. The van der Waals surface area contributed by atoms with Crippen molar-refractivity contribution in [3.8, 4) is 0 Å². The van der Waals surface area contributed by atoms with E-state index in [1.54, 1.807) is 0 Å². The quantitative estimate of drug-likeness (QED) is 0.581. The van der Waals surface area contributed by atoms with E-state index in [9.17, 15) is 9.90 Å². The third-order valence-electron chi connectivity index (χ3n) is 8.56. The fourth-order valence-corrected chi connectivity index (χ4v) is 7.17. The van der Waals surface area contributed by atoms with Gasteiger partial charge in [0, 0.05) is 0 Å². The zero-order valence-electron chi connectivity index (χ0n) is 15.4. The maximum Gasteiger partial charge on any atom is 0.309 e. The van der Waals surface area contributed by atoms with E-state index in [0.29, 0.717) is 11.8 Å². The molecule has 7 atom stereocenters. The van der Waals surface area contributed by atoms with Gasteiger partial charge in [-0.3, -0.25) is 4.79 Å². The van der Waals surface area contributed by atoms with Crippen LogP contribution in [0.4, 0.5) is 0 Å². The van der Waals surface area contributed by atoms with Crippen LogP contribution in [0.5, 0.6) is 0 Å². The Kier molecular flexibility index (Phi) is 3.87.